The molecule has 28 heavy (non-hydrogen) atoms. The van der Waals surface area contributed by atoms with Gasteiger partial charge in [-0.3, -0.25) is 4.79 Å². The number of ketones is 1. The molecule has 0 amide bonds. The number of phenols is 1. The highest BCUT2D eigenvalue weighted by Crippen LogP contribution is 2.20. The van der Waals surface area contributed by atoms with Crippen LogP contribution in [0.2, 0.25) is 0 Å². The van der Waals surface area contributed by atoms with Gasteiger partial charge in [-0.25, -0.2) is 4.79 Å². The first-order chi connectivity index (χ1) is 13.5. The van der Waals surface area contributed by atoms with Gasteiger partial charge in [0.15, 0.2) is 0 Å². The molecule has 3 N–H and O–H groups in total. The highest BCUT2D eigenvalue weighted by molar-refractivity contribution is 6.51. The molecule has 0 aliphatic carbocycles. The third-order valence-corrected chi connectivity index (χ3v) is 4.08. The predicted molar refractivity (Wildman–Crippen MR) is 106 cm³/mol. The van der Waals surface area contributed by atoms with Crippen molar-refractivity contribution < 1.29 is 19.4 Å². The zero-order chi connectivity index (χ0) is 20.1. The number of carbonyl (C=O) groups excluding carboxylic acids is 2. The zero-order valence-electron chi connectivity index (χ0n) is 15.1. The van der Waals surface area contributed by atoms with E-state index >= 15 is 0 Å². The highest BCUT2D eigenvalue weighted by Gasteiger charge is 2.19. The molecule has 3 aromatic rings. The van der Waals surface area contributed by atoms with Crippen molar-refractivity contribution in [3.63, 3.8) is 0 Å². The molecule has 0 radical (unpaired) electrons. The molecule has 0 aliphatic rings. The Morgan fingerprint density at radius 3 is 2.29 bits per heavy atom. The first-order valence-electron chi connectivity index (χ1n) is 8.49. The number of hydrazone groups is 1. The average molecular weight is 374 g/mol. The minimum atomic E-state index is -0.509. The Morgan fingerprint density at radius 1 is 0.929 bits per heavy atom. The molecule has 0 heterocycles. The second-order valence-corrected chi connectivity index (χ2v) is 6.11. The van der Waals surface area contributed by atoms with Crippen LogP contribution in [0.25, 0.3) is 0 Å². The van der Waals surface area contributed by atoms with Crippen molar-refractivity contribution in [2.45, 2.75) is 6.92 Å². The van der Waals surface area contributed by atoms with Gasteiger partial charge >= 0.3 is 5.97 Å². The summed E-state index contributed by atoms with van der Waals surface area (Å²) in [5.74, 6) is 4.58. The lowest BCUT2D eigenvalue weighted by molar-refractivity contribution is 0.0734. The smallest absolute Gasteiger partial charge is 0.343 e. The molecule has 3 aromatic carbocycles. The molecular weight excluding hydrogens is 356 g/mol. The number of phenolic OH excluding ortho intramolecular Hbond substituents is 1. The van der Waals surface area contributed by atoms with Crippen molar-refractivity contribution in [1.82, 2.24) is 0 Å². The number of ether oxygens (including phenoxy) is 1. The van der Waals surface area contributed by atoms with Crippen LogP contribution in [-0.2, 0) is 0 Å². The maximum Gasteiger partial charge on any atom is 0.343 e. The topological polar surface area (TPSA) is 102 Å². The van der Waals surface area contributed by atoms with Gasteiger partial charge in [0.2, 0.25) is 5.78 Å². The van der Waals surface area contributed by atoms with E-state index < -0.39 is 11.8 Å². The number of para-hydroxylation sites is 1. The number of carbonyl (C=O) groups is 2. The predicted octanol–water partition coefficient (Wildman–Crippen LogP) is 3.47. The van der Waals surface area contributed by atoms with Gasteiger partial charge < -0.3 is 15.7 Å². The molecule has 0 unspecified atom stereocenters. The number of esters is 1. The minimum Gasteiger partial charge on any atom is -0.507 e. The lowest BCUT2D eigenvalue weighted by Crippen LogP contribution is -2.18. The largest absolute Gasteiger partial charge is 0.507 e. The normalized spacial score (nSPS) is 11.1. The summed E-state index contributed by atoms with van der Waals surface area (Å²) in [6, 6.07) is 19.5. The number of aromatic hydroxyl groups is 1. The quantitative estimate of drug-likeness (QED) is 0.178. The Bertz CT molecular complexity index is 1060. The summed E-state index contributed by atoms with van der Waals surface area (Å²) in [6.07, 6.45) is 0. The van der Waals surface area contributed by atoms with Crippen molar-refractivity contribution in [2.75, 3.05) is 0 Å². The monoisotopic (exact) mass is 374 g/mol. The molecule has 0 bridgehead atoms. The third-order valence-electron chi connectivity index (χ3n) is 4.08. The number of aryl methyl sites for hydroxylation is 1. The van der Waals surface area contributed by atoms with Crippen LogP contribution in [0.4, 0.5) is 0 Å². The molecule has 0 saturated heterocycles. The summed E-state index contributed by atoms with van der Waals surface area (Å²) in [5.41, 5.74) is 1.92. The van der Waals surface area contributed by atoms with E-state index in [4.69, 9.17) is 10.6 Å². The molecule has 0 aromatic heterocycles. The lowest BCUT2D eigenvalue weighted by Gasteiger charge is -2.08. The summed E-state index contributed by atoms with van der Waals surface area (Å²) < 4.78 is 5.35. The van der Waals surface area contributed by atoms with Gasteiger partial charge in [-0.05, 0) is 55.5 Å². The molecule has 0 spiro atoms. The summed E-state index contributed by atoms with van der Waals surface area (Å²) in [5, 5.41) is 13.4. The van der Waals surface area contributed by atoms with Crippen LogP contribution >= 0.6 is 0 Å². The van der Waals surface area contributed by atoms with Crippen LogP contribution < -0.4 is 10.6 Å². The molecule has 0 atom stereocenters. The fourth-order valence-corrected chi connectivity index (χ4v) is 2.68. The van der Waals surface area contributed by atoms with Gasteiger partial charge in [-0.1, -0.05) is 29.8 Å². The summed E-state index contributed by atoms with van der Waals surface area (Å²) >= 11 is 0. The Hall–Kier alpha value is -3.93. The maximum absolute atomic E-state index is 12.6. The second-order valence-electron chi connectivity index (χ2n) is 6.11. The number of benzene rings is 3. The van der Waals surface area contributed by atoms with Gasteiger partial charge in [0, 0.05) is 5.56 Å². The molecular formula is C22H18N2O4. The highest BCUT2D eigenvalue weighted by atomic mass is 16.5. The van der Waals surface area contributed by atoms with E-state index in [-0.39, 0.29) is 17.0 Å². The number of hydrogen-bond donors (Lipinski definition) is 2. The van der Waals surface area contributed by atoms with E-state index in [9.17, 15) is 14.7 Å². The van der Waals surface area contributed by atoms with E-state index in [1.54, 1.807) is 54.6 Å². The van der Waals surface area contributed by atoms with Crippen molar-refractivity contribution in [1.29, 1.82) is 0 Å². The molecule has 0 aliphatic heterocycles. The number of nitrogens with zero attached hydrogens (tertiary/aromatic N) is 1. The average Bonchev–Trinajstić information content (AvgIpc) is 2.70. The molecule has 140 valence electrons. The molecule has 0 fully saturated rings. The molecule has 6 nitrogen and oxygen atoms in total. The summed E-state index contributed by atoms with van der Waals surface area (Å²) in [4.78, 5) is 24.8. The summed E-state index contributed by atoms with van der Waals surface area (Å²) in [6.45, 7) is 1.89. The minimum absolute atomic E-state index is 0.0157. The van der Waals surface area contributed by atoms with Crippen LogP contribution in [0.15, 0.2) is 77.9 Å². The fraction of sp³-hybridized carbons (Fsp3) is 0.0455. The fourth-order valence-electron chi connectivity index (χ4n) is 2.68. The van der Waals surface area contributed by atoms with Crippen LogP contribution in [0.5, 0.6) is 11.5 Å². The van der Waals surface area contributed by atoms with Gasteiger partial charge in [-0.2, -0.15) is 5.10 Å². The molecule has 0 saturated carbocycles. The molecule has 6 heteroatoms. The Balaban J connectivity index is 1.78. The number of nitrogens with two attached hydrogens (primary N) is 1. The molecule has 3 rings (SSSR count). The van der Waals surface area contributed by atoms with Crippen molar-refractivity contribution >= 4 is 17.5 Å². The van der Waals surface area contributed by atoms with Crippen molar-refractivity contribution in [3.8, 4) is 11.5 Å². The van der Waals surface area contributed by atoms with Gasteiger partial charge in [0.25, 0.3) is 0 Å². The zero-order valence-corrected chi connectivity index (χ0v) is 15.1. The third kappa shape index (κ3) is 4.07. The van der Waals surface area contributed by atoms with Crippen molar-refractivity contribution in [2.24, 2.45) is 10.9 Å². The SMILES string of the molecule is Cc1cccc(C(=O)Oc2ccc(/C(=N\N)C(=O)c3ccccc3O)cc2)c1. The van der Waals surface area contributed by atoms with E-state index in [0.717, 1.165) is 5.56 Å². The van der Waals surface area contributed by atoms with E-state index in [1.807, 2.05) is 13.0 Å². The van der Waals surface area contributed by atoms with E-state index in [0.29, 0.717) is 16.9 Å². The van der Waals surface area contributed by atoms with Crippen LogP contribution in [0.1, 0.15) is 31.8 Å². The van der Waals surface area contributed by atoms with Crippen LogP contribution in [0, 0.1) is 6.92 Å². The van der Waals surface area contributed by atoms with Gasteiger partial charge in [0.1, 0.15) is 17.2 Å². The summed E-state index contributed by atoms with van der Waals surface area (Å²) in [7, 11) is 0. The van der Waals surface area contributed by atoms with Gasteiger partial charge in [0.05, 0.1) is 11.1 Å². The Morgan fingerprint density at radius 2 is 1.64 bits per heavy atom. The van der Waals surface area contributed by atoms with Crippen LogP contribution in [-0.4, -0.2) is 22.6 Å². The first-order valence-corrected chi connectivity index (χ1v) is 8.49. The van der Waals surface area contributed by atoms with Gasteiger partial charge in [-0.15, -0.1) is 0 Å². The number of rotatable bonds is 5. The van der Waals surface area contributed by atoms with Crippen molar-refractivity contribution in [3.05, 3.63) is 95.1 Å². The second kappa shape index (κ2) is 8.18. The standard InChI is InChI=1S/C22H18N2O4/c1-14-5-4-6-16(13-14)22(27)28-17-11-9-15(10-12-17)20(24-23)21(26)18-7-2-3-8-19(18)25/h2-13,25H,23H2,1H3/b24-20+. The van der Waals surface area contributed by atoms with E-state index in [2.05, 4.69) is 5.10 Å². The Kier molecular flexibility index (Phi) is 5.50. The first kappa shape index (κ1) is 18.8. The Labute approximate surface area is 161 Å². The lowest BCUT2D eigenvalue weighted by atomic mass is 10.00. The van der Waals surface area contributed by atoms with E-state index in [1.165, 1.54) is 12.1 Å². The number of Topliss-reactive ketones (excluding diaryl/α,β-unsaturated/α-hetero) is 1. The maximum atomic E-state index is 12.6. The number of hydrogen-bond acceptors (Lipinski definition) is 6. The van der Waals surface area contributed by atoms with Crippen LogP contribution in [0.3, 0.4) is 0 Å².